The van der Waals surface area contributed by atoms with Crippen molar-refractivity contribution in [2.45, 2.75) is 57.4 Å². The summed E-state index contributed by atoms with van der Waals surface area (Å²) in [5, 5.41) is 16.1. The molecule has 2 unspecified atom stereocenters. The third-order valence-corrected chi connectivity index (χ3v) is 9.34. The van der Waals surface area contributed by atoms with E-state index in [1.165, 1.54) is 4.88 Å². The van der Waals surface area contributed by atoms with Gasteiger partial charge in [0.25, 0.3) is 0 Å². The van der Waals surface area contributed by atoms with Crippen molar-refractivity contribution in [1.29, 1.82) is 0 Å². The summed E-state index contributed by atoms with van der Waals surface area (Å²) in [7, 11) is 0. The molecule has 2 aliphatic heterocycles. The molecule has 224 valence electrons. The number of nitrogens with one attached hydrogen (secondary N) is 2. The number of Topliss-reactive ketones (excluding diaryl/α,β-unsaturated/α-hetero) is 1. The Morgan fingerprint density at radius 3 is 2.52 bits per heavy atom. The van der Waals surface area contributed by atoms with Crippen LogP contribution in [0.4, 0.5) is 10.5 Å². The molecular formula is C33H42N4O4S. The lowest BCUT2D eigenvalue weighted by atomic mass is 10.0. The fourth-order valence-corrected chi connectivity index (χ4v) is 6.74. The standard InChI is InChI=1S/C33H42N4O4S/c1-24-21-26(38)13-19-37(24)23-28-11-12-32(42-28)31(39)22-34-16-20-36-17-14-27(15-18-36)41-33(40)35-30-10-6-5-9-29(30)25-7-3-2-4-8-25/h2-12,24,26-27,34,38H,13-23H2,1H3,(H,35,40). The lowest BCUT2D eigenvalue weighted by Gasteiger charge is -2.35. The fourth-order valence-electron chi connectivity index (χ4n) is 5.77. The maximum absolute atomic E-state index is 12.7. The Morgan fingerprint density at radius 2 is 1.74 bits per heavy atom. The van der Waals surface area contributed by atoms with Crippen molar-refractivity contribution in [2.24, 2.45) is 0 Å². The fraction of sp³-hybridized carbons (Fsp3) is 0.455. The van der Waals surface area contributed by atoms with Gasteiger partial charge in [0.05, 0.1) is 23.2 Å². The molecule has 2 saturated heterocycles. The number of para-hydroxylation sites is 1. The largest absolute Gasteiger partial charge is 0.446 e. The number of aliphatic hydroxyl groups excluding tert-OH is 1. The van der Waals surface area contributed by atoms with Crippen LogP contribution in [-0.4, -0.2) is 84.3 Å². The van der Waals surface area contributed by atoms with Crippen LogP contribution in [0.2, 0.25) is 0 Å². The third-order valence-electron chi connectivity index (χ3n) is 8.23. The monoisotopic (exact) mass is 590 g/mol. The zero-order chi connectivity index (χ0) is 29.3. The number of hydrogen-bond donors (Lipinski definition) is 3. The number of nitrogens with zero attached hydrogens (tertiary/aromatic N) is 2. The number of thiophene rings is 1. The minimum absolute atomic E-state index is 0.106. The first-order chi connectivity index (χ1) is 20.4. The number of aliphatic hydroxyl groups is 1. The molecule has 0 saturated carbocycles. The molecule has 0 spiro atoms. The van der Waals surface area contributed by atoms with Crippen LogP contribution in [0.25, 0.3) is 11.1 Å². The molecule has 5 rings (SSSR count). The molecular weight excluding hydrogens is 548 g/mol. The van der Waals surface area contributed by atoms with E-state index < -0.39 is 6.09 Å². The zero-order valence-corrected chi connectivity index (χ0v) is 25.2. The molecule has 8 nitrogen and oxygen atoms in total. The highest BCUT2D eigenvalue weighted by Crippen LogP contribution is 2.28. The second-order valence-electron chi connectivity index (χ2n) is 11.3. The van der Waals surface area contributed by atoms with Crippen molar-refractivity contribution < 1.29 is 19.4 Å². The topological polar surface area (TPSA) is 94.1 Å². The van der Waals surface area contributed by atoms with Crippen LogP contribution in [0.3, 0.4) is 0 Å². The van der Waals surface area contributed by atoms with Crippen molar-refractivity contribution >= 4 is 28.9 Å². The van der Waals surface area contributed by atoms with Crippen molar-refractivity contribution in [3.8, 4) is 11.1 Å². The number of rotatable bonds is 11. The van der Waals surface area contributed by atoms with E-state index in [4.69, 9.17) is 4.74 Å². The molecule has 42 heavy (non-hydrogen) atoms. The SMILES string of the molecule is CC1CC(O)CCN1Cc1ccc(C(=O)CNCCN2CCC(OC(=O)Nc3ccccc3-c3ccccc3)CC2)s1. The van der Waals surface area contributed by atoms with Gasteiger partial charge in [-0.2, -0.15) is 0 Å². The normalized spacial score (nSPS) is 20.3. The smallest absolute Gasteiger partial charge is 0.411 e. The highest BCUT2D eigenvalue weighted by Gasteiger charge is 2.25. The van der Waals surface area contributed by atoms with E-state index in [1.54, 1.807) is 11.3 Å². The molecule has 9 heteroatoms. The van der Waals surface area contributed by atoms with Crippen LogP contribution >= 0.6 is 11.3 Å². The summed E-state index contributed by atoms with van der Waals surface area (Å²) >= 11 is 1.58. The number of piperidine rings is 2. The van der Waals surface area contributed by atoms with Crippen molar-refractivity contribution in [3.63, 3.8) is 0 Å². The lowest BCUT2D eigenvalue weighted by molar-refractivity contribution is 0.0447. The van der Waals surface area contributed by atoms with Gasteiger partial charge >= 0.3 is 6.09 Å². The van der Waals surface area contributed by atoms with E-state index in [0.717, 1.165) is 86.6 Å². The van der Waals surface area contributed by atoms with Gasteiger partial charge < -0.3 is 20.1 Å². The molecule has 0 bridgehead atoms. The maximum atomic E-state index is 12.7. The summed E-state index contributed by atoms with van der Waals surface area (Å²) in [4.78, 5) is 32.1. The summed E-state index contributed by atoms with van der Waals surface area (Å²) in [6, 6.07) is 22.1. The summed E-state index contributed by atoms with van der Waals surface area (Å²) in [5.74, 6) is 0.125. The van der Waals surface area contributed by atoms with Crippen molar-refractivity contribution in [3.05, 3.63) is 76.5 Å². The average Bonchev–Trinajstić information content (AvgIpc) is 3.47. The zero-order valence-electron chi connectivity index (χ0n) is 24.3. The number of amides is 1. The highest BCUT2D eigenvalue weighted by atomic mass is 32.1. The Balaban J connectivity index is 0.976. The molecule has 2 atom stereocenters. The molecule has 1 aromatic heterocycles. The summed E-state index contributed by atoms with van der Waals surface area (Å²) in [6.07, 6.45) is 2.49. The molecule has 2 fully saturated rings. The molecule has 2 aliphatic rings. The van der Waals surface area contributed by atoms with E-state index in [0.29, 0.717) is 12.6 Å². The highest BCUT2D eigenvalue weighted by molar-refractivity contribution is 7.14. The minimum atomic E-state index is -0.419. The molecule has 0 radical (unpaired) electrons. The molecule has 0 aliphatic carbocycles. The van der Waals surface area contributed by atoms with Gasteiger partial charge in [-0.25, -0.2) is 4.79 Å². The number of likely N-dealkylation sites (tertiary alicyclic amines) is 2. The first-order valence-corrected chi connectivity index (χ1v) is 15.9. The molecule has 2 aromatic carbocycles. The lowest BCUT2D eigenvalue weighted by Crippen LogP contribution is -2.42. The van der Waals surface area contributed by atoms with Gasteiger partial charge in [0.2, 0.25) is 0 Å². The maximum Gasteiger partial charge on any atom is 0.411 e. The van der Waals surface area contributed by atoms with Gasteiger partial charge in [-0.15, -0.1) is 11.3 Å². The number of benzene rings is 2. The van der Waals surface area contributed by atoms with Crippen molar-refractivity contribution in [1.82, 2.24) is 15.1 Å². The van der Waals surface area contributed by atoms with Gasteiger partial charge in [-0.1, -0.05) is 48.5 Å². The number of hydrogen-bond acceptors (Lipinski definition) is 8. The summed E-state index contributed by atoms with van der Waals surface area (Å²) in [6.45, 7) is 7.52. The van der Waals surface area contributed by atoms with E-state index in [1.807, 2.05) is 60.7 Å². The molecule has 3 aromatic rings. The van der Waals surface area contributed by atoms with Gasteiger partial charge in [-0.3, -0.25) is 15.0 Å². The van der Waals surface area contributed by atoms with Gasteiger partial charge in [0.1, 0.15) is 6.10 Å². The number of ether oxygens (including phenoxy) is 1. The van der Waals surface area contributed by atoms with E-state index in [-0.39, 0.29) is 18.0 Å². The Labute approximate surface area is 252 Å². The Kier molecular flexibility index (Phi) is 10.8. The van der Waals surface area contributed by atoms with Crippen LogP contribution < -0.4 is 10.6 Å². The first-order valence-electron chi connectivity index (χ1n) is 15.0. The van der Waals surface area contributed by atoms with Crippen LogP contribution in [0.15, 0.2) is 66.7 Å². The molecule has 3 heterocycles. The second kappa shape index (κ2) is 14.9. The summed E-state index contributed by atoms with van der Waals surface area (Å²) < 4.78 is 5.75. The Morgan fingerprint density at radius 1 is 0.976 bits per heavy atom. The number of anilines is 1. The third kappa shape index (κ3) is 8.49. The van der Waals surface area contributed by atoms with E-state index in [2.05, 4.69) is 33.4 Å². The van der Waals surface area contributed by atoms with Crippen LogP contribution in [-0.2, 0) is 11.3 Å². The average molecular weight is 591 g/mol. The van der Waals surface area contributed by atoms with Crippen LogP contribution in [0.5, 0.6) is 0 Å². The van der Waals surface area contributed by atoms with Crippen molar-refractivity contribution in [2.75, 3.05) is 44.6 Å². The minimum Gasteiger partial charge on any atom is -0.446 e. The van der Waals surface area contributed by atoms with Gasteiger partial charge in [-0.05, 0) is 56.4 Å². The number of ketones is 1. The number of carbonyl (C=O) groups excluding carboxylic acids is 2. The van der Waals surface area contributed by atoms with E-state index in [9.17, 15) is 14.7 Å². The molecule has 1 amide bonds. The Bertz CT molecular complexity index is 1310. The van der Waals surface area contributed by atoms with E-state index >= 15 is 0 Å². The predicted molar refractivity (Wildman–Crippen MR) is 168 cm³/mol. The second-order valence-corrected chi connectivity index (χ2v) is 12.5. The molecule has 3 N–H and O–H groups in total. The first kappa shape index (κ1) is 30.4. The van der Waals surface area contributed by atoms with Crippen LogP contribution in [0, 0.1) is 0 Å². The van der Waals surface area contributed by atoms with Gasteiger partial charge in [0.15, 0.2) is 5.78 Å². The Hall–Kier alpha value is -3.08. The number of carbonyl (C=O) groups is 2. The summed E-state index contributed by atoms with van der Waals surface area (Å²) in [5.41, 5.74) is 2.74. The predicted octanol–water partition coefficient (Wildman–Crippen LogP) is 5.25. The van der Waals surface area contributed by atoms with Crippen LogP contribution in [0.1, 0.15) is 47.2 Å². The van der Waals surface area contributed by atoms with Gasteiger partial charge in [0, 0.05) is 55.8 Å². The quantitative estimate of drug-likeness (QED) is 0.208.